The van der Waals surface area contributed by atoms with Crippen LogP contribution in [0.1, 0.15) is 32.9 Å². The molecule has 0 saturated heterocycles. The molecule has 0 aliphatic carbocycles. The molecule has 0 fully saturated rings. The van der Waals surface area contributed by atoms with Gasteiger partial charge in [-0.2, -0.15) is 11.3 Å². The molecule has 0 spiro atoms. The number of rotatable bonds is 1. The number of aldehydes is 1. The molecule has 0 radical (unpaired) electrons. The second-order valence-electron chi connectivity index (χ2n) is 4.56. The predicted molar refractivity (Wildman–Crippen MR) is 90.1 cm³/mol. The van der Waals surface area contributed by atoms with E-state index in [1.165, 1.54) is 0 Å². The first-order valence-electron chi connectivity index (χ1n) is 6.79. The van der Waals surface area contributed by atoms with Crippen LogP contribution in [-0.2, 0) is 0 Å². The van der Waals surface area contributed by atoms with E-state index in [1.54, 1.807) is 47.7 Å². The minimum atomic E-state index is 0.575. The SMILES string of the molecule is O=Cc1ccc(C#Cc2ccc(C#Cc3ccsc3)nn2)cc1. The third-order valence-corrected chi connectivity index (χ3v) is 3.59. The smallest absolute Gasteiger partial charge is 0.150 e. The number of hydrogen-bond donors (Lipinski definition) is 0. The summed E-state index contributed by atoms with van der Waals surface area (Å²) in [7, 11) is 0. The molecule has 2 heterocycles. The first kappa shape index (κ1) is 14.7. The average Bonchev–Trinajstić information content (AvgIpc) is 3.13. The first-order valence-corrected chi connectivity index (χ1v) is 7.73. The van der Waals surface area contributed by atoms with Crippen molar-refractivity contribution in [1.82, 2.24) is 10.2 Å². The van der Waals surface area contributed by atoms with Crippen LogP contribution in [0.2, 0.25) is 0 Å². The Morgan fingerprint density at radius 2 is 1.43 bits per heavy atom. The molecule has 0 aliphatic heterocycles. The number of hydrogen-bond acceptors (Lipinski definition) is 4. The fourth-order valence-corrected chi connectivity index (χ4v) is 2.31. The molecule has 108 valence electrons. The molecule has 3 rings (SSSR count). The van der Waals surface area contributed by atoms with Gasteiger partial charge in [-0.15, -0.1) is 10.2 Å². The lowest BCUT2D eigenvalue weighted by Crippen LogP contribution is -1.90. The molecule has 23 heavy (non-hydrogen) atoms. The number of carbonyl (C=O) groups is 1. The van der Waals surface area contributed by atoms with Crippen molar-refractivity contribution >= 4 is 17.6 Å². The first-order chi connectivity index (χ1) is 11.3. The molecule has 0 atom stereocenters. The molecule has 3 aromatic rings. The van der Waals surface area contributed by atoms with Crippen molar-refractivity contribution < 1.29 is 4.79 Å². The van der Waals surface area contributed by atoms with Crippen molar-refractivity contribution in [3.05, 3.63) is 81.3 Å². The van der Waals surface area contributed by atoms with Crippen molar-refractivity contribution in [1.29, 1.82) is 0 Å². The van der Waals surface area contributed by atoms with Gasteiger partial charge < -0.3 is 0 Å². The molecule has 0 bridgehead atoms. The minimum absolute atomic E-state index is 0.575. The van der Waals surface area contributed by atoms with Gasteiger partial charge in [0.15, 0.2) is 0 Å². The fraction of sp³-hybridized carbons (Fsp3) is 0. The van der Waals surface area contributed by atoms with E-state index in [0.717, 1.165) is 17.4 Å². The number of thiophene rings is 1. The van der Waals surface area contributed by atoms with Gasteiger partial charge in [0.25, 0.3) is 0 Å². The number of aromatic nitrogens is 2. The van der Waals surface area contributed by atoms with Gasteiger partial charge in [0, 0.05) is 22.1 Å². The summed E-state index contributed by atoms with van der Waals surface area (Å²) in [5.74, 6) is 11.9. The molecular formula is C19H10N2OS. The summed E-state index contributed by atoms with van der Waals surface area (Å²) in [6.45, 7) is 0. The van der Waals surface area contributed by atoms with Gasteiger partial charge in [0.2, 0.25) is 0 Å². The zero-order valence-corrected chi connectivity index (χ0v) is 12.8. The van der Waals surface area contributed by atoms with Crippen LogP contribution in [0.25, 0.3) is 0 Å². The lowest BCUT2D eigenvalue weighted by molar-refractivity contribution is 0.112. The number of carbonyl (C=O) groups excluding carboxylic acids is 1. The van der Waals surface area contributed by atoms with Gasteiger partial charge in [0.1, 0.15) is 17.7 Å². The third kappa shape index (κ3) is 4.14. The predicted octanol–water partition coefficient (Wildman–Crippen LogP) is 3.15. The van der Waals surface area contributed by atoms with Crippen molar-refractivity contribution in [2.24, 2.45) is 0 Å². The van der Waals surface area contributed by atoms with Crippen LogP contribution in [0.4, 0.5) is 0 Å². The van der Waals surface area contributed by atoms with Crippen LogP contribution < -0.4 is 0 Å². The molecule has 2 aromatic heterocycles. The van der Waals surface area contributed by atoms with Crippen molar-refractivity contribution in [2.75, 3.05) is 0 Å². The van der Waals surface area contributed by atoms with Crippen LogP contribution in [0.15, 0.2) is 53.2 Å². The Balaban J connectivity index is 1.72. The van der Waals surface area contributed by atoms with E-state index in [0.29, 0.717) is 17.0 Å². The highest BCUT2D eigenvalue weighted by molar-refractivity contribution is 7.08. The van der Waals surface area contributed by atoms with Gasteiger partial charge in [-0.1, -0.05) is 24.0 Å². The van der Waals surface area contributed by atoms with E-state index in [4.69, 9.17) is 0 Å². The molecule has 4 heteroatoms. The highest BCUT2D eigenvalue weighted by Crippen LogP contribution is 2.04. The van der Waals surface area contributed by atoms with Crippen molar-refractivity contribution in [3.63, 3.8) is 0 Å². The fourth-order valence-electron chi connectivity index (χ4n) is 1.72. The van der Waals surface area contributed by atoms with Crippen LogP contribution in [0.5, 0.6) is 0 Å². The van der Waals surface area contributed by atoms with E-state index in [1.807, 2.05) is 16.8 Å². The van der Waals surface area contributed by atoms with Gasteiger partial charge in [-0.3, -0.25) is 4.79 Å². The van der Waals surface area contributed by atoms with E-state index < -0.39 is 0 Å². The zero-order valence-electron chi connectivity index (χ0n) is 12.0. The Bertz CT molecular complexity index is 920. The number of nitrogens with zero attached hydrogens (tertiary/aromatic N) is 2. The van der Waals surface area contributed by atoms with Gasteiger partial charge >= 0.3 is 0 Å². The average molecular weight is 314 g/mol. The quantitative estimate of drug-likeness (QED) is 0.512. The summed E-state index contributed by atoms with van der Waals surface area (Å²) >= 11 is 1.61. The van der Waals surface area contributed by atoms with Gasteiger partial charge in [0.05, 0.1) is 0 Å². The van der Waals surface area contributed by atoms with Gasteiger partial charge in [-0.05, 0) is 47.6 Å². The van der Waals surface area contributed by atoms with E-state index >= 15 is 0 Å². The summed E-state index contributed by atoms with van der Waals surface area (Å²) in [4.78, 5) is 10.6. The summed E-state index contributed by atoms with van der Waals surface area (Å²) in [6, 6.07) is 12.6. The molecule has 0 N–H and O–H groups in total. The molecule has 0 aliphatic rings. The summed E-state index contributed by atoms with van der Waals surface area (Å²) in [6.07, 6.45) is 0.804. The van der Waals surface area contributed by atoms with E-state index in [9.17, 15) is 4.79 Å². The molecule has 0 unspecified atom stereocenters. The Kier molecular flexibility index (Phi) is 4.59. The summed E-state index contributed by atoms with van der Waals surface area (Å²) in [5, 5.41) is 12.1. The van der Waals surface area contributed by atoms with Crippen LogP contribution in [0, 0.1) is 23.7 Å². The Morgan fingerprint density at radius 1 is 0.783 bits per heavy atom. The normalized spacial score (nSPS) is 9.22. The minimum Gasteiger partial charge on any atom is -0.298 e. The monoisotopic (exact) mass is 314 g/mol. The van der Waals surface area contributed by atoms with Crippen LogP contribution in [0.3, 0.4) is 0 Å². The number of benzene rings is 1. The van der Waals surface area contributed by atoms with E-state index in [2.05, 4.69) is 33.9 Å². The van der Waals surface area contributed by atoms with E-state index in [-0.39, 0.29) is 0 Å². The Morgan fingerprint density at radius 3 is 1.96 bits per heavy atom. The summed E-state index contributed by atoms with van der Waals surface area (Å²) < 4.78 is 0. The second kappa shape index (κ2) is 7.17. The topological polar surface area (TPSA) is 42.9 Å². The second-order valence-corrected chi connectivity index (χ2v) is 5.34. The lowest BCUT2D eigenvalue weighted by atomic mass is 10.1. The molecule has 3 nitrogen and oxygen atoms in total. The molecule has 1 aromatic carbocycles. The summed E-state index contributed by atoms with van der Waals surface area (Å²) in [5.41, 5.74) is 3.60. The third-order valence-electron chi connectivity index (χ3n) is 2.90. The van der Waals surface area contributed by atoms with Crippen molar-refractivity contribution in [3.8, 4) is 23.7 Å². The standard InChI is InChI=1S/C19H10N2OS/c22-13-16-3-1-15(2-4-16)5-7-18-9-10-19(21-20-18)8-6-17-11-12-23-14-17/h1-4,9-14H. The molecule has 0 amide bonds. The Labute approximate surface area is 138 Å². The zero-order chi connectivity index (χ0) is 15.9. The lowest BCUT2D eigenvalue weighted by Gasteiger charge is -1.91. The van der Waals surface area contributed by atoms with Crippen LogP contribution in [-0.4, -0.2) is 16.5 Å². The maximum Gasteiger partial charge on any atom is 0.150 e. The highest BCUT2D eigenvalue weighted by Gasteiger charge is 1.93. The van der Waals surface area contributed by atoms with Crippen molar-refractivity contribution in [2.45, 2.75) is 0 Å². The largest absolute Gasteiger partial charge is 0.298 e. The van der Waals surface area contributed by atoms with Crippen LogP contribution >= 0.6 is 11.3 Å². The molecular weight excluding hydrogens is 304 g/mol. The maximum absolute atomic E-state index is 10.6. The molecule has 0 saturated carbocycles. The maximum atomic E-state index is 10.6. The Hall–Kier alpha value is -3.21. The van der Waals surface area contributed by atoms with Gasteiger partial charge in [-0.25, -0.2) is 0 Å². The highest BCUT2D eigenvalue weighted by atomic mass is 32.1.